The second-order valence-electron chi connectivity index (χ2n) is 8.45. The Hall–Kier alpha value is -2.65. The number of phenolic OH excluding ortho intramolecular Hbond substituents is 1. The van der Waals surface area contributed by atoms with Gasteiger partial charge >= 0.3 is 5.97 Å². The number of ether oxygens (including phenoxy) is 1. The van der Waals surface area contributed by atoms with E-state index in [-0.39, 0.29) is 41.4 Å². The third kappa shape index (κ3) is 5.16. The first-order chi connectivity index (χ1) is 14.9. The molecule has 3 aliphatic rings. The molecule has 2 aliphatic heterocycles. The lowest BCUT2D eigenvalue weighted by atomic mass is 9.77. The van der Waals surface area contributed by atoms with Crippen LogP contribution in [0.3, 0.4) is 0 Å². The summed E-state index contributed by atoms with van der Waals surface area (Å²) in [5.41, 5.74) is 0.447. The van der Waals surface area contributed by atoms with Gasteiger partial charge in [-0.25, -0.2) is 4.79 Å². The second kappa shape index (κ2) is 10.1. The number of aliphatic hydroxyl groups is 1. The average Bonchev–Trinajstić information content (AvgIpc) is 3.41. The summed E-state index contributed by atoms with van der Waals surface area (Å²) in [4.78, 5) is 37.4. The van der Waals surface area contributed by atoms with Crippen LogP contribution in [-0.2, 0) is 9.53 Å². The summed E-state index contributed by atoms with van der Waals surface area (Å²) in [6.45, 7) is 3.13. The van der Waals surface area contributed by atoms with Gasteiger partial charge in [0, 0.05) is 24.7 Å². The van der Waals surface area contributed by atoms with Crippen LogP contribution in [0.1, 0.15) is 46.4 Å². The number of hydrogen-bond donors (Lipinski definition) is 3. The van der Waals surface area contributed by atoms with Gasteiger partial charge in [0.1, 0.15) is 5.75 Å². The Morgan fingerprint density at radius 1 is 1.06 bits per heavy atom. The number of methoxy groups -OCH3 is 1. The van der Waals surface area contributed by atoms with E-state index < -0.39 is 5.97 Å². The molecule has 2 heterocycles. The number of likely N-dealkylation sites (tertiary alicyclic amines) is 2. The molecule has 9 heteroatoms. The van der Waals surface area contributed by atoms with Crippen molar-refractivity contribution in [1.29, 1.82) is 0 Å². The number of aliphatic hydroxyl groups excluding tert-OH is 1. The van der Waals surface area contributed by atoms with E-state index in [1.165, 1.54) is 38.2 Å². The topological polar surface area (TPSA) is 128 Å². The van der Waals surface area contributed by atoms with Crippen LogP contribution in [0.2, 0.25) is 0 Å². The SMILES string of the molecule is COC(=O)c1cc(O)cc(C(=O)N2C[C@H]3C[C@@H](N4CCCC4)[C@H](O)C[C@H]3C2)c1.O=CO. The number of carbonyl (C=O) groups excluding carboxylic acids is 2. The van der Waals surface area contributed by atoms with Crippen molar-refractivity contribution in [2.24, 2.45) is 11.8 Å². The van der Waals surface area contributed by atoms with E-state index in [1.54, 1.807) is 4.90 Å². The van der Waals surface area contributed by atoms with Gasteiger partial charge in [-0.15, -0.1) is 0 Å². The predicted molar refractivity (Wildman–Crippen MR) is 111 cm³/mol. The standard InChI is InChI=1S/C21H28N2O5.CH2O2/c1-28-21(27)14-6-13(7-17(24)8-14)20(26)23-11-15-9-18(22-4-2-3-5-22)19(25)10-16(15)12-23;2-1-3/h6-8,15-16,18-19,24-25H,2-5,9-12H2,1H3;1H,(H,2,3)/t15-,16+,18-,19-;/m1./s1. The molecule has 3 fully saturated rings. The molecular formula is C22H30N2O7. The molecule has 1 amide bonds. The first-order valence-corrected chi connectivity index (χ1v) is 10.6. The monoisotopic (exact) mass is 434 g/mol. The van der Waals surface area contributed by atoms with Gasteiger partial charge < -0.3 is 25.0 Å². The molecule has 1 saturated carbocycles. The fourth-order valence-electron chi connectivity index (χ4n) is 5.19. The van der Waals surface area contributed by atoms with E-state index in [0.717, 1.165) is 25.9 Å². The fourth-order valence-corrected chi connectivity index (χ4v) is 5.19. The molecule has 2 saturated heterocycles. The number of carbonyl (C=O) groups is 3. The van der Waals surface area contributed by atoms with Crippen LogP contribution in [0, 0.1) is 11.8 Å². The molecule has 4 atom stereocenters. The predicted octanol–water partition coefficient (Wildman–Crippen LogP) is 1.19. The number of hydrogen-bond acceptors (Lipinski definition) is 7. The van der Waals surface area contributed by atoms with Crippen molar-refractivity contribution in [2.75, 3.05) is 33.3 Å². The van der Waals surface area contributed by atoms with Crippen molar-refractivity contribution in [1.82, 2.24) is 9.80 Å². The number of aromatic hydroxyl groups is 1. The van der Waals surface area contributed by atoms with Crippen LogP contribution >= 0.6 is 0 Å². The second-order valence-corrected chi connectivity index (χ2v) is 8.45. The van der Waals surface area contributed by atoms with E-state index in [1.807, 2.05) is 0 Å². The summed E-state index contributed by atoms with van der Waals surface area (Å²) < 4.78 is 4.69. The molecule has 1 aliphatic carbocycles. The van der Waals surface area contributed by atoms with Crippen molar-refractivity contribution in [3.63, 3.8) is 0 Å². The van der Waals surface area contributed by atoms with Crippen LogP contribution < -0.4 is 0 Å². The first kappa shape index (κ1) is 23.0. The van der Waals surface area contributed by atoms with Gasteiger partial charge in [-0.3, -0.25) is 14.5 Å². The number of esters is 1. The van der Waals surface area contributed by atoms with Gasteiger partial charge in [0.15, 0.2) is 0 Å². The van der Waals surface area contributed by atoms with E-state index >= 15 is 0 Å². The first-order valence-electron chi connectivity index (χ1n) is 10.6. The van der Waals surface area contributed by atoms with Gasteiger partial charge in [-0.1, -0.05) is 0 Å². The maximum absolute atomic E-state index is 13.0. The highest BCUT2D eigenvalue weighted by Crippen LogP contribution is 2.39. The Morgan fingerprint density at radius 2 is 1.65 bits per heavy atom. The molecule has 0 radical (unpaired) electrons. The smallest absolute Gasteiger partial charge is 0.338 e. The normalized spacial score (nSPS) is 27.7. The van der Waals surface area contributed by atoms with Crippen LogP contribution in [0.5, 0.6) is 5.75 Å². The molecule has 170 valence electrons. The Kier molecular flexibility index (Phi) is 7.50. The summed E-state index contributed by atoms with van der Waals surface area (Å²) >= 11 is 0. The summed E-state index contributed by atoms with van der Waals surface area (Å²) in [7, 11) is 1.27. The lowest BCUT2D eigenvalue weighted by Crippen LogP contribution is -2.48. The number of rotatable bonds is 3. The van der Waals surface area contributed by atoms with Crippen molar-refractivity contribution < 1.29 is 34.4 Å². The largest absolute Gasteiger partial charge is 0.508 e. The lowest BCUT2D eigenvalue weighted by molar-refractivity contribution is -0.122. The summed E-state index contributed by atoms with van der Waals surface area (Å²) in [5, 5.41) is 27.4. The maximum atomic E-state index is 13.0. The molecule has 0 unspecified atom stereocenters. The number of amides is 1. The maximum Gasteiger partial charge on any atom is 0.338 e. The Balaban J connectivity index is 0.000000858. The highest BCUT2D eigenvalue weighted by molar-refractivity contribution is 5.98. The molecule has 31 heavy (non-hydrogen) atoms. The molecule has 0 aromatic heterocycles. The van der Waals surface area contributed by atoms with Crippen molar-refractivity contribution >= 4 is 18.3 Å². The van der Waals surface area contributed by atoms with E-state index in [0.29, 0.717) is 24.9 Å². The molecule has 9 nitrogen and oxygen atoms in total. The minimum Gasteiger partial charge on any atom is -0.508 e. The van der Waals surface area contributed by atoms with Gasteiger partial charge in [-0.2, -0.15) is 0 Å². The number of nitrogens with zero attached hydrogens (tertiary/aromatic N) is 2. The van der Waals surface area contributed by atoms with Crippen LogP contribution in [0.4, 0.5) is 0 Å². The number of benzene rings is 1. The zero-order valence-corrected chi connectivity index (χ0v) is 17.6. The average molecular weight is 434 g/mol. The summed E-state index contributed by atoms with van der Waals surface area (Å²) in [6.07, 6.45) is 3.71. The molecule has 3 N–H and O–H groups in total. The fraction of sp³-hybridized carbons (Fsp3) is 0.591. The van der Waals surface area contributed by atoms with Crippen LogP contribution in [0.25, 0.3) is 0 Å². The molecule has 1 aromatic carbocycles. The van der Waals surface area contributed by atoms with Gasteiger partial charge in [0.2, 0.25) is 0 Å². The van der Waals surface area contributed by atoms with Crippen molar-refractivity contribution in [3.05, 3.63) is 29.3 Å². The number of fused-ring (bicyclic) bond motifs is 1. The highest BCUT2D eigenvalue weighted by Gasteiger charge is 2.45. The molecular weight excluding hydrogens is 404 g/mol. The Morgan fingerprint density at radius 3 is 2.26 bits per heavy atom. The quantitative estimate of drug-likeness (QED) is 0.478. The Labute approximate surface area is 181 Å². The molecule has 4 rings (SSSR count). The molecule has 0 spiro atoms. The van der Waals surface area contributed by atoms with E-state index in [9.17, 15) is 19.8 Å². The number of phenols is 1. The van der Waals surface area contributed by atoms with Gasteiger partial charge in [0.05, 0.1) is 18.8 Å². The summed E-state index contributed by atoms with van der Waals surface area (Å²) in [6, 6.07) is 4.35. The summed E-state index contributed by atoms with van der Waals surface area (Å²) in [5.74, 6) is -0.225. The molecule has 0 bridgehead atoms. The minimum atomic E-state index is -0.586. The zero-order chi connectivity index (χ0) is 22.5. The highest BCUT2D eigenvalue weighted by atomic mass is 16.5. The third-order valence-electron chi connectivity index (χ3n) is 6.59. The lowest BCUT2D eigenvalue weighted by Gasteiger charge is -2.40. The number of carboxylic acid groups (broad SMARTS) is 1. The van der Waals surface area contributed by atoms with Gasteiger partial charge in [-0.05, 0) is 68.8 Å². The van der Waals surface area contributed by atoms with Crippen LogP contribution in [-0.4, -0.2) is 88.9 Å². The van der Waals surface area contributed by atoms with Gasteiger partial charge in [0.25, 0.3) is 12.4 Å². The minimum absolute atomic E-state index is 0.132. The Bertz CT molecular complexity index is 809. The van der Waals surface area contributed by atoms with E-state index in [4.69, 9.17) is 14.6 Å². The van der Waals surface area contributed by atoms with Crippen molar-refractivity contribution in [3.8, 4) is 5.75 Å². The van der Waals surface area contributed by atoms with Crippen LogP contribution in [0.15, 0.2) is 18.2 Å². The molecule has 1 aromatic rings. The van der Waals surface area contributed by atoms with E-state index in [2.05, 4.69) is 4.90 Å². The third-order valence-corrected chi connectivity index (χ3v) is 6.59. The van der Waals surface area contributed by atoms with Crippen molar-refractivity contribution in [2.45, 2.75) is 37.8 Å². The zero-order valence-electron chi connectivity index (χ0n) is 17.6.